The molecule has 1 saturated heterocycles. The molecular weight excluding hydrogens is 388 g/mol. The van der Waals surface area contributed by atoms with Crippen molar-refractivity contribution in [3.05, 3.63) is 47.5 Å². The lowest BCUT2D eigenvalue weighted by Gasteiger charge is -2.22. The van der Waals surface area contributed by atoms with Crippen LogP contribution < -0.4 is 4.74 Å². The Bertz CT molecular complexity index is 907. The highest BCUT2D eigenvalue weighted by Crippen LogP contribution is 2.35. The third kappa shape index (κ3) is 4.76. The molecule has 160 valence electrons. The van der Waals surface area contributed by atoms with Crippen LogP contribution in [-0.2, 0) is 11.2 Å². The fourth-order valence-corrected chi connectivity index (χ4v) is 3.45. The molecule has 1 aliphatic rings. The molecular formula is C22H26N2O6. The number of ether oxygens (including phenoxy) is 1. The molecule has 0 unspecified atom stereocenters. The van der Waals surface area contributed by atoms with E-state index >= 15 is 0 Å². The second-order valence-corrected chi connectivity index (χ2v) is 7.14. The first-order valence-corrected chi connectivity index (χ1v) is 9.93. The molecule has 8 heteroatoms. The van der Waals surface area contributed by atoms with E-state index in [1.165, 1.54) is 0 Å². The molecule has 0 radical (unpaired) electrons. The Kier molecular flexibility index (Phi) is 6.66. The summed E-state index contributed by atoms with van der Waals surface area (Å²) in [6.07, 6.45) is 1.41. The van der Waals surface area contributed by atoms with Crippen molar-refractivity contribution < 1.29 is 29.6 Å². The highest BCUT2D eigenvalue weighted by atomic mass is 16.5. The maximum atomic E-state index is 12.7. The number of phenols is 3. The molecule has 0 atom stereocenters. The molecule has 1 heterocycles. The molecule has 0 aliphatic carbocycles. The van der Waals surface area contributed by atoms with Crippen molar-refractivity contribution in [3.63, 3.8) is 0 Å². The van der Waals surface area contributed by atoms with Gasteiger partial charge in [0.15, 0.2) is 23.9 Å². The molecule has 0 aromatic heterocycles. The van der Waals surface area contributed by atoms with Gasteiger partial charge >= 0.3 is 0 Å². The minimum absolute atomic E-state index is 0.0648. The number of nitrogens with zero attached hydrogens (tertiary/aromatic N) is 2. The van der Waals surface area contributed by atoms with Gasteiger partial charge in [-0.15, -0.1) is 0 Å². The predicted octanol–water partition coefficient (Wildman–Crippen LogP) is 2.12. The van der Waals surface area contributed by atoms with E-state index in [1.807, 2.05) is 31.2 Å². The van der Waals surface area contributed by atoms with Crippen LogP contribution in [0, 0.1) is 0 Å². The first kappa shape index (κ1) is 21.3. The van der Waals surface area contributed by atoms with Crippen molar-refractivity contribution >= 4 is 11.8 Å². The number of para-hydroxylation sites is 1. The van der Waals surface area contributed by atoms with Crippen LogP contribution in [0.5, 0.6) is 23.0 Å². The molecule has 8 nitrogen and oxygen atoms in total. The van der Waals surface area contributed by atoms with Gasteiger partial charge in [-0.1, -0.05) is 25.1 Å². The third-order valence-electron chi connectivity index (χ3n) is 5.16. The maximum Gasteiger partial charge on any atom is 0.260 e. The number of rotatable bonds is 5. The summed E-state index contributed by atoms with van der Waals surface area (Å²) in [5.74, 6) is -1.61. The van der Waals surface area contributed by atoms with Gasteiger partial charge in [0.25, 0.3) is 11.8 Å². The molecule has 30 heavy (non-hydrogen) atoms. The van der Waals surface area contributed by atoms with Gasteiger partial charge in [0.2, 0.25) is 0 Å². The normalized spacial score (nSPS) is 14.3. The van der Waals surface area contributed by atoms with Crippen molar-refractivity contribution in [2.45, 2.75) is 19.8 Å². The van der Waals surface area contributed by atoms with Crippen LogP contribution in [0.4, 0.5) is 0 Å². The zero-order valence-corrected chi connectivity index (χ0v) is 16.9. The van der Waals surface area contributed by atoms with Gasteiger partial charge in [-0.05, 0) is 36.6 Å². The van der Waals surface area contributed by atoms with Crippen LogP contribution in [0.25, 0.3) is 0 Å². The first-order chi connectivity index (χ1) is 14.4. The Hall–Kier alpha value is -3.42. The van der Waals surface area contributed by atoms with Crippen LogP contribution in [-0.4, -0.2) is 69.7 Å². The highest BCUT2D eigenvalue weighted by Gasteiger charge is 2.24. The van der Waals surface area contributed by atoms with Crippen molar-refractivity contribution in [1.29, 1.82) is 0 Å². The molecule has 2 aromatic carbocycles. The zero-order valence-electron chi connectivity index (χ0n) is 16.9. The molecule has 1 aliphatic heterocycles. The number of carbonyl (C=O) groups is 2. The molecule has 3 N–H and O–H groups in total. The summed E-state index contributed by atoms with van der Waals surface area (Å²) in [6, 6.07) is 9.84. The lowest BCUT2D eigenvalue weighted by molar-refractivity contribution is -0.133. The van der Waals surface area contributed by atoms with Gasteiger partial charge in [-0.3, -0.25) is 9.59 Å². The van der Waals surface area contributed by atoms with Gasteiger partial charge < -0.3 is 29.9 Å². The van der Waals surface area contributed by atoms with Crippen molar-refractivity contribution in [2.75, 3.05) is 32.8 Å². The van der Waals surface area contributed by atoms with E-state index in [0.29, 0.717) is 38.3 Å². The van der Waals surface area contributed by atoms with Crippen LogP contribution in [0.1, 0.15) is 29.3 Å². The maximum absolute atomic E-state index is 12.7. The predicted molar refractivity (Wildman–Crippen MR) is 110 cm³/mol. The highest BCUT2D eigenvalue weighted by molar-refractivity contribution is 5.95. The van der Waals surface area contributed by atoms with Gasteiger partial charge in [-0.2, -0.15) is 0 Å². The fourth-order valence-electron chi connectivity index (χ4n) is 3.45. The van der Waals surface area contributed by atoms with E-state index in [0.717, 1.165) is 24.1 Å². The average Bonchev–Trinajstić information content (AvgIpc) is 3.01. The van der Waals surface area contributed by atoms with Crippen LogP contribution in [0.3, 0.4) is 0 Å². The van der Waals surface area contributed by atoms with Gasteiger partial charge in [0.1, 0.15) is 5.75 Å². The van der Waals surface area contributed by atoms with Crippen LogP contribution >= 0.6 is 0 Å². The number of hydrogen-bond acceptors (Lipinski definition) is 6. The van der Waals surface area contributed by atoms with Crippen LogP contribution in [0.2, 0.25) is 0 Å². The van der Waals surface area contributed by atoms with Crippen molar-refractivity contribution in [1.82, 2.24) is 9.80 Å². The summed E-state index contributed by atoms with van der Waals surface area (Å²) < 4.78 is 5.71. The zero-order chi connectivity index (χ0) is 21.7. The minimum atomic E-state index is -0.663. The van der Waals surface area contributed by atoms with E-state index in [2.05, 4.69) is 0 Å². The molecule has 1 fully saturated rings. The fraction of sp³-hybridized carbons (Fsp3) is 0.364. The Morgan fingerprint density at radius 1 is 0.967 bits per heavy atom. The second kappa shape index (κ2) is 9.39. The standard InChI is InChI=1S/C22H26N2O6/c1-2-15-6-3-4-7-19(15)30-14-20(27)23-8-5-9-24(11-10-23)22(29)16-12-17(25)21(28)18(26)13-16/h3-4,6-7,12-13,25-26,28H,2,5,8-11,14H2,1H3. The quantitative estimate of drug-likeness (QED) is 0.647. The number of carbonyl (C=O) groups excluding carboxylic acids is 2. The van der Waals surface area contributed by atoms with E-state index in [9.17, 15) is 24.9 Å². The Balaban J connectivity index is 1.59. The van der Waals surface area contributed by atoms with E-state index < -0.39 is 17.2 Å². The van der Waals surface area contributed by atoms with Gasteiger partial charge in [0, 0.05) is 31.7 Å². The topological polar surface area (TPSA) is 111 Å². The molecule has 0 bridgehead atoms. The molecule has 2 amide bonds. The summed E-state index contributed by atoms with van der Waals surface area (Å²) in [5, 5.41) is 28.7. The van der Waals surface area contributed by atoms with Crippen molar-refractivity contribution in [2.24, 2.45) is 0 Å². The minimum Gasteiger partial charge on any atom is -0.504 e. The molecule has 0 spiro atoms. The summed E-state index contributed by atoms with van der Waals surface area (Å²) >= 11 is 0. The monoisotopic (exact) mass is 414 g/mol. The number of amides is 2. The molecule has 3 rings (SSSR count). The first-order valence-electron chi connectivity index (χ1n) is 9.93. The average molecular weight is 414 g/mol. The number of phenolic OH excluding ortho intramolecular Hbond substituents is 3. The third-order valence-corrected chi connectivity index (χ3v) is 5.16. The SMILES string of the molecule is CCc1ccccc1OCC(=O)N1CCCN(C(=O)c2cc(O)c(O)c(O)c2)CC1. The molecule has 2 aromatic rings. The van der Waals surface area contributed by atoms with Gasteiger partial charge in [0.05, 0.1) is 0 Å². The van der Waals surface area contributed by atoms with Crippen molar-refractivity contribution in [3.8, 4) is 23.0 Å². The van der Waals surface area contributed by atoms with E-state index in [1.54, 1.807) is 9.80 Å². The lowest BCUT2D eigenvalue weighted by atomic mass is 10.1. The summed E-state index contributed by atoms with van der Waals surface area (Å²) in [7, 11) is 0. The lowest BCUT2D eigenvalue weighted by Crippen LogP contribution is -2.39. The Labute approximate surface area is 174 Å². The van der Waals surface area contributed by atoms with E-state index in [4.69, 9.17) is 4.74 Å². The summed E-state index contributed by atoms with van der Waals surface area (Å²) in [5.41, 5.74) is 1.11. The Morgan fingerprint density at radius 3 is 2.30 bits per heavy atom. The smallest absolute Gasteiger partial charge is 0.260 e. The van der Waals surface area contributed by atoms with Crippen LogP contribution in [0.15, 0.2) is 36.4 Å². The largest absolute Gasteiger partial charge is 0.504 e. The summed E-state index contributed by atoms with van der Waals surface area (Å²) in [6.45, 7) is 3.58. The number of aromatic hydroxyl groups is 3. The Morgan fingerprint density at radius 2 is 1.60 bits per heavy atom. The number of hydrogen-bond donors (Lipinski definition) is 3. The molecule has 0 saturated carbocycles. The number of aryl methyl sites for hydroxylation is 1. The number of benzene rings is 2. The second-order valence-electron chi connectivity index (χ2n) is 7.14. The van der Waals surface area contributed by atoms with Gasteiger partial charge in [-0.25, -0.2) is 0 Å². The summed E-state index contributed by atoms with van der Waals surface area (Å²) in [4.78, 5) is 28.6. The van der Waals surface area contributed by atoms with E-state index in [-0.39, 0.29) is 24.0 Å².